The summed E-state index contributed by atoms with van der Waals surface area (Å²) in [7, 11) is 0. The SMILES string of the molecule is CCn1nc(CC(C)C)cc1C(=O)NCc1ccc2c(c1)OCO2. The molecule has 24 heavy (non-hydrogen) atoms. The van der Waals surface area contributed by atoms with Crippen molar-refractivity contribution in [2.24, 2.45) is 5.92 Å². The summed E-state index contributed by atoms with van der Waals surface area (Å²) in [4.78, 5) is 12.5. The highest BCUT2D eigenvalue weighted by atomic mass is 16.7. The molecule has 0 fully saturated rings. The van der Waals surface area contributed by atoms with Crippen molar-refractivity contribution < 1.29 is 14.3 Å². The molecule has 0 unspecified atom stereocenters. The number of nitrogens with zero attached hydrogens (tertiary/aromatic N) is 2. The number of hydrogen-bond donors (Lipinski definition) is 1. The summed E-state index contributed by atoms with van der Waals surface area (Å²) in [5.74, 6) is 1.86. The van der Waals surface area contributed by atoms with Crippen LogP contribution >= 0.6 is 0 Å². The van der Waals surface area contributed by atoms with E-state index in [0.29, 0.717) is 24.7 Å². The summed E-state index contributed by atoms with van der Waals surface area (Å²) >= 11 is 0. The monoisotopic (exact) mass is 329 g/mol. The first-order chi connectivity index (χ1) is 11.6. The van der Waals surface area contributed by atoms with E-state index in [1.165, 1.54) is 0 Å². The van der Waals surface area contributed by atoms with Crippen molar-refractivity contribution in [2.45, 2.75) is 40.3 Å². The summed E-state index contributed by atoms with van der Waals surface area (Å²) in [5, 5.41) is 7.46. The van der Waals surface area contributed by atoms with Crippen LogP contribution in [0.15, 0.2) is 24.3 Å². The molecule has 0 atom stereocenters. The Kier molecular flexibility index (Phi) is 4.74. The fourth-order valence-corrected chi connectivity index (χ4v) is 2.74. The number of benzene rings is 1. The average molecular weight is 329 g/mol. The normalized spacial score (nSPS) is 12.7. The molecule has 0 aliphatic carbocycles. The summed E-state index contributed by atoms with van der Waals surface area (Å²) in [6, 6.07) is 7.57. The average Bonchev–Trinajstić information content (AvgIpc) is 3.17. The third-order valence-electron chi connectivity index (χ3n) is 3.87. The van der Waals surface area contributed by atoms with Gasteiger partial charge in [-0.3, -0.25) is 9.48 Å². The largest absolute Gasteiger partial charge is 0.454 e. The molecule has 1 aromatic heterocycles. The van der Waals surface area contributed by atoms with Crippen molar-refractivity contribution in [1.29, 1.82) is 0 Å². The Hall–Kier alpha value is -2.50. The number of carbonyl (C=O) groups is 1. The number of aromatic nitrogens is 2. The molecule has 0 saturated carbocycles. The van der Waals surface area contributed by atoms with Crippen molar-refractivity contribution >= 4 is 5.91 Å². The molecule has 2 heterocycles. The van der Waals surface area contributed by atoms with Crippen molar-refractivity contribution in [3.63, 3.8) is 0 Å². The number of carbonyl (C=O) groups excluding carboxylic acids is 1. The molecule has 6 nitrogen and oxygen atoms in total. The van der Waals surface area contributed by atoms with Gasteiger partial charge in [0.2, 0.25) is 6.79 Å². The van der Waals surface area contributed by atoms with Gasteiger partial charge in [-0.1, -0.05) is 19.9 Å². The minimum absolute atomic E-state index is 0.114. The van der Waals surface area contributed by atoms with E-state index >= 15 is 0 Å². The van der Waals surface area contributed by atoms with E-state index in [-0.39, 0.29) is 12.7 Å². The molecule has 0 saturated heterocycles. The second-order valence-corrected chi connectivity index (χ2v) is 6.30. The van der Waals surface area contributed by atoms with Gasteiger partial charge >= 0.3 is 0 Å². The van der Waals surface area contributed by atoms with Gasteiger partial charge in [0.25, 0.3) is 5.91 Å². The highest BCUT2D eigenvalue weighted by Gasteiger charge is 2.16. The first kappa shape index (κ1) is 16.4. The third-order valence-corrected chi connectivity index (χ3v) is 3.87. The predicted octanol–water partition coefficient (Wildman–Crippen LogP) is 2.76. The molecular weight excluding hydrogens is 306 g/mol. The third kappa shape index (κ3) is 3.53. The lowest BCUT2D eigenvalue weighted by atomic mass is 10.1. The molecule has 128 valence electrons. The van der Waals surface area contributed by atoms with Gasteiger partial charge in [0.05, 0.1) is 5.69 Å². The van der Waals surface area contributed by atoms with Crippen LogP contribution in [0.2, 0.25) is 0 Å². The van der Waals surface area contributed by atoms with Gasteiger partial charge in [-0.05, 0) is 43.0 Å². The zero-order valence-electron chi connectivity index (χ0n) is 14.3. The Morgan fingerprint density at radius 1 is 1.29 bits per heavy atom. The number of hydrogen-bond acceptors (Lipinski definition) is 4. The highest BCUT2D eigenvalue weighted by Crippen LogP contribution is 2.32. The Morgan fingerprint density at radius 2 is 2.08 bits per heavy atom. The maximum Gasteiger partial charge on any atom is 0.269 e. The van der Waals surface area contributed by atoms with Crippen molar-refractivity contribution in [3.05, 3.63) is 41.2 Å². The van der Waals surface area contributed by atoms with Crippen LogP contribution in [0.3, 0.4) is 0 Å². The number of aryl methyl sites for hydroxylation is 1. The quantitative estimate of drug-likeness (QED) is 0.885. The summed E-state index contributed by atoms with van der Waals surface area (Å²) < 4.78 is 12.4. The maximum atomic E-state index is 12.5. The van der Waals surface area contributed by atoms with Crippen molar-refractivity contribution in [2.75, 3.05) is 6.79 Å². The van der Waals surface area contributed by atoms with Gasteiger partial charge in [0, 0.05) is 13.1 Å². The molecule has 1 aromatic carbocycles. The van der Waals surface area contributed by atoms with Crippen LogP contribution in [0.1, 0.15) is 42.5 Å². The molecule has 0 bridgehead atoms. The molecule has 3 rings (SSSR count). The molecule has 1 aliphatic rings. The van der Waals surface area contributed by atoms with Crippen LogP contribution in [0.5, 0.6) is 11.5 Å². The van der Waals surface area contributed by atoms with Gasteiger partial charge in [0.15, 0.2) is 11.5 Å². The number of rotatable bonds is 6. The fourth-order valence-electron chi connectivity index (χ4n) is 2.74. The lowest BCUT2D eigenvalue weighted by Crippen LogP contribution is -2.25. The summed E-state index contributed by atoms with van der Waals surface area (Å²) in [6.07, 6.45) is 0.870. The lowest BCUT2D eigenvalue weighted by molar-refractivity contribution is 0.0940. The van der Waals surface area contributed by atoms with E-state index in [1.807, 2.05) is 31.2 Å². The second-order valence-electron chi connectivity index (χ2n) is 6.30. The van der Waals surface area contributed by atoms with E-state index in [1.54, 1.807) is 4.68 Å². The highest BCUT2D eigenvalue weighted by molar-refractivity contribution is 5.92. The van der Waals surface area contributed by atoms with E-state index in [4.69, 9.17) is 9.47 Å². The van der Waals surface area contributed by atoms with Crippen LogP contribution in [-0.2, 0) is 19.5 Å². The van der Waals surface area contributed by atoms with Gasteiger partial charge in [0.1, 0.15) is 5.69 Å². The zero-order chi connectivity index (χ0) is 17.1. The summed E-state index contributed by atoms with van der Waals surface area (Å²) in [5.41, 5.74) is 2.53. The van der Waals surface area contributed by atoms with Gasteiger partial charge < -0.3 is 14.8 Å². The van der Waals surface area contributed by atoms with Crippen LogP contribution in [0.4, 0.5) is 0 Å². The summed E-state index contributed by atoms with van der Waals surface area (Å²) in [6.45, 7) is 7.63. The van der Waals surface area contributed by atoms with Gasteiger partial charge in [-0.25, -0.2) is 0 Å². The Labute approximate surface area is 141 Å². The van der Waals surface area contributed by atoms with E-state index < -0.39 is 0 Å². The van der Waals surface area contributed by atoms with Crippen LogP contribution in [0.25, 0.3) is 0 Å². The second kappa shape index (κ2) is 6.95. The zero-order valence-corrected chi connectivity index (χ0v) is 14.3. The molecular formula is C18H23N3O3. The topological polar surface area (TPSA) is 65.4 Å². The Balaban J connectivity index is 1.67. The standard InChI is InChI=1S/C18H23N3O3/c1-4-21-15(9-14(20-21)7-12(2)3)18(22)19-10-13-5-6-16-17(8-13)24-11-23-16/h5-6,8-9,12H,4,7,10-11H2,1-3H3,(H,19,22). The number of ether oxygens (including phenoxy) is 2. The van der Waals surface area contributed by atoms with Crippen LogP contribution < -0.4 is 14.8 Å². The first-order valence-corrected chi connectivity index (χ1v) is 8.30. The van der Waals surface area contributed by atoms with E-state index in [2.05, 4.69) is 24.3 Å². The lowest BCUT2D eigenvalue weighted by Gasteiger charge is -2.07. The number of amides is 1. The van der Waals surface area contributed by atoms with Gasteiger partial charge in [-0.15, -0.1) is 0 Å². The fraction of sp³-hybridized carbons (Fsp3) is 0.444. The minimum atomic E-state index is -0.114. The molecule has 1 amide bonds. The molecule has 0 spiro atoms. The van der Waals surface area contributed by atoms with Crippen molar-refractivity contribution in [1.82, 2.24) is 15.1 Å². The van der Waals surface area contributed by atoms with Gasteiger partial charge in [-0.2, -0.15) is 5.10 Å². The Bertz CT molecular complexity index is 737. The molecule has 0 radical (unpaired) electrons. The Morgan fingerprint density at radius 3 is 2.83 bits per heavy atom. The molecule has 1 aliphatic heterocycles. The van der Waals surface area contributed by atoms with Crippen LogP contribution in [0, 0.1) is 5.92 Å². The minimum Gasteiger partial charge on any atom is -0.454 e. The van der Waals surface area contributed by atoms with Crippen molar-refractivity contribution in [3.8, 4) is 11.5 Å². The molecule has 2 aromatic rings. The predicted molar refractivity (Wildman–Crippen MR) is 90.2 cm³/mol. The van der Waals surface area contributed by atoms with E-state index in [0.717, 1.165) is 29.2 Å². The molecule has 6 heteroatoms. The molecule has 1 N–H and O–H groups in total. The van der Waals surface area contributed by atoms with Crippen LogP contribution in [-0.4, -0.2) is 22.5 Å². The number of fused-ring (bicyclic) bond motifs is 1. The number of nitrogens with one attached hydrogen (secondary N) is 1. The first-order valence-electron chi connectivity index (χ1n) is 8.30. The smallest absolute Gasteiger partial charge is 0.269 e. The van der Waals surface area contributed by atoms with E-state index in [9.17, 15) is 4.79 Å². The maximum absolute atomic E-state index is 12.5.